The van der Waals surface area contributed by atoms with Crippen LogP contribution in [0.5, 0.6) is 0 Å². The Morgan fingerprint density at radius 1 is 1.32 bits per heavy atom. The molecule has 2 aromatic rings. The first-order valence-electron chi connectivity index (χ1n) is 9.40. The Bertz CT molecular complexity index is 827. The van der Waals surface area contributed by atoms with Crippen LogP contribution in [-0.4, -0.2) is 35.2 Å². The summed E-state index contributed by atoms with van der Waals surface area (Å²) in [5.41, 5.74) is 0. The molecule has 1 saturated heterocycles. The summed E-state index contributed by atoms with van der Waals surface area (Å²) in [4.78, 5) is 9.69. The number of aromatic nitrogens is 2. The first-order valence-corrected chi connectivity index (χ1v) is 11.4. The van der Waals surface area contributed by atoms with E-state index in [1.165, 1.54) is 18.7 Å². The zero-order chi connectivity index (χ0) is 20.9. The number of thiophene rings is 1. The van der Waals surface area contributed by atoms with Gasteiger partial charge in [0.25, 0.3) is 6.71 Å². The Hall–Kier alpha value is -1.47. The van der Waals surface area contributed by atoms with Gasteiger partial charge in [-0.2, -0.15) is 13.2 Å². The highest BCUT2D eigenvalue weighted by atomic mass is 32.2. The van der Waals surface area contributed by atoms with Crippen molar-refractivity contribution in [2.45, 2.75) is 69.5 Å². The summed E-state index contributed by atoms with van der Waals surface area (Å²) in [6.07, 6.45) is 0.938. The quantitative estimate of drug-likeness (QED) is 0.355. The molecule has 0 bridgehead atoms. The van der Waals surface area contributed by atoms with Crippen molar-refractivity contribution < 1.29 is 13.2 Å². The molecule has 3 heterocycles. The summed E-state index contributed by atoms with van der Waals surface area (Å²) in [5.74, 6) is 1.37. The molecule has 0 saturated carbocycles. The van der Waals surface area contributed by atoms with Crippen LogP contribution in [0.1, 0.15) is 44.4 Å². The van der Waals surface area contributed by atoms with Gasteiger partial charge in [-0.15, -0.1) is 11.3 Å². The van der Waals surface area contributed by atoms with Crippen molar-refractivity contribution in [3.05, 3.63) is 10.9 Å². The summed E-state index contributed by atoms with van der Waals surface area (Å²) in [5, 5.41) is 13.6. The van der Waals surface area contributed by atoms with Gasteiger partial charge in [0.05, 0.1) is 11.3 Å². The normalized spacial score (nSPS) is 16.3. The Morgan fingerprint density at radius 2 is 1.96 bits per heavy atom. The second kappa shape index (κ2) is 9.83. The number of fused-ring (bicyclic) bond motifs is 1. The summed E-state index contributed by atoms with van der Waals surface area (Å²) >= 11 is 2.44. The third-order valence-corrected chi connectivity index (χ3v) is 6.50. The van der Waals surface area contributed by atoms with E-state index in [1.54, 1.807) is 6.07 Å². The van der Waals surface area contributed by atoms with Crippen molar-refractivity contribution in [3.8, 4) is 5.97 Å². The number of anilines is 1. The highest BCUT2D eigenvalue weighted by Crippen LogP contribution is 2.41. The number of nitrogens with zero attached hydrogens (tertiary/aromatic N) is 3. The summed E-state index contributed by atoms with van der Waals surface area (Å²) in [7, 11) is 0. The molecule has 1 fully saturated rings. The monoisotopic (exact) mass is 428 g/mol. The third-order valence-electron chi connectivity index (χ3n) is 4.74. The molecule has 3 rings (SSSR count). The van der Waals surface area contributed by atoms with Gasteiger partial charge in [0, 0.05) is 16.9 Å². The molecule has 4 nitrogen and oxygen atoms in total. The number of thioether (sulfide) groups is 1. The SMILES string of the molecule is CC.CSc1nc(NC2CCB(C#N)CC2)c2cc(C(C)C(F)(F)F)sc2n1. The van der Waals surface area contributed by atoms with Gasteiger partial charge < -0.3 is 5.32 Å². The molecule has 0 aromatic carbocycles. The maximum Gasteiger partial charge on any atom is 0.396 e. The Labute approximate surface area is 172 Å². The van der Waals surface area contributed by atoms with E-state index in [-0.39, 0.29) is 17.6 Å². The van der Waals surface area contributed by atoms with E-state index in [9.17, 15) is 13.2 Å². The molecule has 10 heteroatoms. The molecule has 0 spiro atoms. The zero-order valence-electron chi connectivity index (χ0n) is 16.4. The highest BCUT2D eigenvalue weighted by molar-refractivity contribution is 7.98. The number of hydrogen-bond donors (Lipinski definition) is 1. The summed E-state index contributed by atoms with van der Waals surface area (Å²) in [6, 6.07) is 1.74. The van der Waals surface area contributed by atoms with Gasteiger partial charge in [-0.05, 0) is 32.1 Å². The number of rotatable bonds is 4. The Balaban J connectivity index is 0.00000136. The largest absolute Gasteiger partial charge is 0.396 e. The third kappa shape index (κ3) is 5.32. The van der Waals surface area contributed by atoms with Crippen molar-refractivity contribution in [2.75, 3.05) is 11.6 Å². The number of halogens is 3. The smallest absolute Gasteiger partial charge is 0.367 e. The topological polar surface area (TPSA) is 61.6 Å². The maximum atomic E-state index is 13.1. The van der Waals surface area contributed by atoms with Crippen LogP contribution in [0.15, 0.2) is 11.2 Å². The van der Waals surface area contributed by atoms with Crippen LogP contribution in [0.4, 0.5) is 19.0 Å². The van der Waals surface area contributed by atoms with Gasteiger partial charge in [0.15, 0.2) is 5.16 Å². The minimum atomic E-state index is -4.28. The number of hydrogen-bond acceptors (Lipinski definition) is 6. The first kappa shape index (κ1) is 22.8. The summed E-state index contributed by atoms with van der Waals surface area (Å²) < 4.78 is 39.2. The van der Waals surface area contributed by atoms with E-state index in [4.69, 9.17) is 5.26 Å². The fourth-order valence-electron chi connectivity index (χ4n) is 3.06. The molecule has 0 radical (unpaired) electrons. The minimum absolute atomic E-state index is 0.0978. The van der Waals surface area contributed by atoms with Gasteiger partial charge in [-0.3, -0.25) is 0 Å². The van der Waals surface area contributed by atoms with Crippen molar-refractivity contribution in [1.82, 2.24) is 9.97 Å². The predicted molar refractivity (Wildman–Crippen MR) is 113 cm³/mol. The molecule has 2 aromatic heterocycles. The predicted octanol–water partition coefficient (Wildman–Crippen LogP) is 6.24. The summed E-state index contributed by atoms with van der Waals surface area (Å²) in [6.45, 7) is 5.27. The van der Waals surface area contributed by atoms with Crippen molar-refractivity contribution in [2.24, 2.45) is 0 Å². The van der Waals surface area contributed by atoms with Crippen molar-refractivity contribution in [1.29, 1.82) is 5.26 Å². The molecule has 1 atom stereocenters. The van der Waals surface area contributed by atoms with Crippen LogP contribution < -0.4 is 5.32 Å². The molecule has 152 valence electrons. The van der Waals surface area contributed by atoms with Crippen LogP contribution in [0, 0.1) is 11.2 Å². The molecule has 1 unspecified atom stereocenters. The zero-order valence-corrected chi connectivity index (χ0v) is 18.1. The van der Waals surface area contributed by atoms with Crippen LogP contribution in [0.3, 0.4) is 0 Å². The van der Waals surface area contributed by atoms with Gasteiger partial charge in [-0.25, -0.2) is 15.2 Å². The Kier molecular flexibility index (Phi) is 8.02. The minimum Gasteiger partial charge on any atom is -0.367 e. The fraction of sp³-hybridized carbons (Fsp3) is 0.611. The van der Waals surface area contributed by atoms with Gasteiger partial charge in [0.2, 0.25) is 0 Å². The van der Waals surface area contributed by atoms with E-state index >= 15 is 0 Å². The molecule has 1 aliphatic heterocycles. The molecule has 0 aliphatic carbocycles. The lowest BCUT2D eigenvalue weighted by molar-refractivity contribution is -0.145. The average molecular weight is 428 g/mol. The van der Waals surface area contributed by atoms with E-state index in [1.807, 2.05) is 20.1 Å². The molecule has 0 amide bonds. The Morgan fingerprint density at radius 3 is 2.50 bits per heavy atom. The lowest BCUT2D eigenvalue weighted by atomic mass is 9.42. The molecular formula is C18H24BF3N4S2. The van der Waals surface area contributed by atoms with Gasteiger partial charge in [-0.1, -0.05) is 38.2 Å². The van der Waals surface area contributed by atoms with Crippen LogP contribution in [-0.2, 0) is 0 Å². The lowest BCUT2D eigenvalue weighted by Gasteiger charge is -2.25. The van der Waals surface area contributed by atoms with E-state index < -0.39 is 12.1 Å². The maximum absolute atomic E-state index is 13.1. The first-order chi connectivity index (χ1) is 13.3. The molecule has 1 aliphatic rings. The lowest BCUT2D eigenvalue weighted by Crippen LogP contribution is -2.29. The number of alkyl halides is 3. The van der Waals surface area contributed by atoms with Crippen molar-refractivity contribution >= 4 is 45.8 Å². The number of nitriles is 1. The van der Waals surface area contributed by atoms with Crippen LogP contribution in [0.2, 0.25) is 12.6 Å². The molecule has 1 N–H and O–H groups in total. The standard InChI is InChI=1S/C16H18BF3N4S2.C2H6/c1-9(16(18,19)20)12-7-11-13(23-15(25-2)24-14(11)26-12)22-10-3-5-17(8-21)6-4-10;1-2/h7,9-10H,3-6H2,1-2H3,(H,22,23,24);1-2H3. The van der Waals surface area contributed by atoms with Gasteiger partial charge in [0.1, 0.15) is 10.6 Å². The second-order valence-electron chi connectivity index (χ2n) is 6.51. The van der Waals surface area contributed by atoms with Crippen molar-refractivity contribution in [3.63, 3.8) is 0 Å². The number of nitrogens with one attached hydrogen (secondary N) is 1. The molecular weight excluding hydrogens is 404 g/mol. The average Bonchev–Trinajstić information content (AvgIpc) is 3.13. The van der Waals surface area contributed by atoms with E-state index in [0.717, 1.165) is 36.8 Å². The fourth-order valence-corrected chi connectivity index (χ4v) is 4.59. The highest BCUT2D eigenvalue weighted by Gasteiger charge is 2.38. The second-order valence-corrected chi connectivity index (χ2v) is 8.35. The van der Waals surface area contributed by atoms with Gasteiger partial charge >= 0.3 is 6.18 Å². The molecule has 28 heavy (non-hydrogen) atoms. The van der Waals surface area contributed by atoms with Crippen LogP contribution in [0.25, 0.3) is 10.2 Å². The van der Waals surface area contributed by atoms with E-state index in [2.05, 4.69) is 21.3 Å². The van der Waals surface area contributed by atoms with E-state index in [0.29, 0.717) is 21.2 Å². The van der Waals surface area contributed by atoms with Crippen LogP contribution >= 0.6 is 23.1 Å².